The molecule has 576 valence electrons. The summed E-state index contributed by atoms with van der Waals surface area (Å²) in [5.74, 6) is -2.25. The van der Waals surface area contributed by atoms with Crippen LogP contribution in [0.3, 0.4) is 0 Å². The van der Waals surface area contributed by atoms with Crippen LogP contribution in [-0.2, 0) is 19.2 Å². The van der Waals surface area contributed by atoms with Crippen LogP contribution in [0.1, 0.15) is 52.4 Å². The van der Waals surface area contributed by atoms with E-state index in [1.165, 1.54) is 81.1 Å². The summed E-state index contributed by atoms with van der Waals surface area (Å²) in [5, 5.41) is 21.7. The van der Waals surface area contributed by atoms with E-state index >= 15 is 0 Å². The molecule has 2 aliphatic rings. The van der Waals surface area contributed by atoms with Crippen molar-refractivity contribution in [1.82, 2.24) is 101 Å². The molecular weight excluding hydrogens is 1480 g/mol. The number of aromatic amines is 4. The van der Waals surface area contributed by atoms with Gasteiger partial charge < -0.3 is 62.5 Å². The lowest BCUT2D eigenvalue weighted by molar-refractivity contribution is -0.142. The van der Waals surface area contributed by atoms with Crippen molar-refractivity contribution in [2.45, 2.75) is 101 Å². The second-order valence-corrected chi connectivity index (χ2v) is 24.8. The molecular formula is C68H62F14N24O4. The summed E-state index contributed by atoms with van der Waals surface area (Å²) in [6.45, 7) is -1.29. The van der Waals surface area contributed by atoms with Crippen molar-refractivity contribution in [3.05, 3.63) is 146 Å². The fourth-order valence-corrected chi connectivity index (χ4v) is 11.2. The minimum Gasteiger partial charge on any atom is -0.359 e. The predicted octanol–water partition coefficient (Wildman–Crippen LogP) is 11.0. The maximum absolute atomic E-state index is 13.6. The van der Waals surface area contributed by atoms with Gasteiger partial charge in [0.05, 0.1) is 37.9 Å². The number of rotatable bonds is 22. The van der Waals surface area contributed by atoms with Gasteiger partial charge in [0.25, 0.3) is 12.9 Å². The highest BCUT2D eigenvalue weighted by atomic mass is 19.4. The van der Waals surface area contributed by atoms with Crippen molar-refractivity contribution in [3.63, 3.8) is 0 Å². The highest BCUT2D eigenvalue weighted by molar-refractivity contribution is 5.96. The number of hydrogen-bond donors (Lipinski definition) is 12. The van der Waals surface area contributed by atoms with Gasteiger partial charge in [-0.05, 0) is 101 Å². The van der Waals surface area contributed by atoms with Gasteiger partial charge in [-0.25, -0.2) is 94.9 Å². The smallest absolute Gasteiger partial charge is 0.359 e. The molecule has 42 heteroatoms. The van der Waals surface area contributed by atoms with Crippen LogP contribution in [-0.4, -0.2) is 178 Å². The molecule has 0 saturated heterocycles. The number of alkyl halides is 10. The number of fused-ring (bicyclic) bond motifs is 4. The SMILES string of the molecule is C[C@@H](Nc1ccnc(-c2c[nH]c3ncc(F)cc23)n1)C(=O)NCC(F)(F)F.C[C@@H](Nc1ccnc(-c2c[nH]c3ncc(F)cc23)n1)C(=O)NCC(F)F.O=C(NCC(F)(F)F)C1(Nc2ccnc(-c3c[nH]c4ncc(F)cc34)n2)CCC1.O=C(NCC(F)F)C1(Nc2ccnc(-c3c[nH]c4ncc(F)cc34)n2)CCC1. The van der Waals surface area contributed by atoms with Crippen LogP contribution >= 0.6 is 0 Å². The Morgan fingerprint density at radius 3 is 1.02 bits per heavy atom. The molecule has 12 N–H and O–H groups in total. The summed E-state index contributed by atoms with van der Waals surface area (Å²) in [7, 11) is 0. The third kappa shape index (κ3) is 19.7. The van der Waals surface area contributed by atoms with Crippen LogP contribution < -0.4 is 42.5 Å². The van der Waals surface area contributed by atoms with E-state index in [-0.39, 0.29) is 23.3 Å². The lowest BCUT2D eigenvalue weighted by Crippen LogP contribution is -2.58. The fraction of sp³-hybridized carbons (Fsp3) is 0.294. The molecule has 0 unspecified atom stereocenters. The van der Waals surface area contributed by atoms with Gasteiger partial charge in [-0.3, -0.25) is 19.2 Å². The first-order valence-electron chi connectivity index (χ1n) is 33.1. The summed E-state index contributed by atoms with van der Waals surface area (Å²) >= 11 is 0. The number of nitrogens with one attached hydrogen (secondary N) is 12. The van der Waals surface area contributed by atoms with Crippen molar-refractivity contribution >= 4 is 91.0 Å². The minimum absolute atomic E-state index is 0.230. The molecule has 2 saturated carbocycles. The molecule has 12 aromatic heterocycles. The summed E-state index contributed by atoms with van der Waals surface area (Å²) < 4.78 is 177. The molecule has 0 bridgehead atoms. The van der Waals surface area contributed by atoms with Crippen LogP contribution in [0.5, 0.6) is 0 Å². The van der Waals surface area contributed by atoms with Crippen molar-refractivity contribution in [2.75, 3.05) is 47.4 Å². The molecule has 12 heterocycles. The van der Waals surface area contributed by atoms with E-state index in [0.717, 1.165) is 31.2 Å². The van der Waals surface area contributed by atoms with Crippen LogP contribution in [0.4, 0.5) is 84.7 Å². The molecule has 0 aliphatic heterocycles. The normalized spacial score (nSPS) is 14.1. The second kappa shape index (κ2) is 33.5. The molecule has 28 nitrogen and oxygen atoms in total. The number of aromatic nitrogens is 16. The molecule has 110 heavy (non-hydrogen) atoms. The van der Waals surface area contributed by atoms with Gasteiger partial charge in [0.15, 0.2) is 23.3 Å². The van der Waals surface area contributed by atoms with E-state index in [0.29, 0.717) is 122 Å². The molecule has 0 aromatic carbocycles. The number of halogens is 14. The molecule has 12 aromatic rings. The Labute approximate surface area is 610 Å². The first-order chi connectivity index (χ1) is 52.4. The number of anilines is 4. The standard InChI is InChI=1S/C18H16F4N6O.C18H17F3N6O.C16H14F4N6O.C16H15F3N6O/c19-10-6-11-12(8-25-14(11)24-7-10)15-23-5-2-13(27-15)28-17(3-1-4-17)16(29)26-9-18(20,21)22;19-10-6-11-12(8-24-15(11)23-7-10)16-22-5-2-14(26-16)27-18(3-1-4-18)17(28)25-9-13(20)21;1-8(15(27)24-7-16(18,19)20)25-12-2-3-21-14(26-12)11-6-23-13-10(11)4-9(17)5-22-13;1-8(16(26)23-7-12(18)19)24-13-2-3-20-15(25-13)11-6-22-14-10(11)4-9(17)5-21-14/h2,5-8H,1,3-4,9H2,(H,24,25)(H,26,29)(H,23,27,28);2,5-8,13H,1,3-4,9H2,(H,23,24)(H,25,28)(H,22,26,27);2-6,8H,7H2,1H3,(H,22,23)(H,24,27)(H,21,25,26);2-6,8,12H,7H2,1H3,(H,21,22)(H,23,26)(H,20,24,25)/t;;2*8-/m..11/s1. The Hall–Kier alpha value is -12.8. The number of carbonyl (C=O) groups excluding carboxylic acids is 4. The van der Waals surface area contributed by atoms with E-state index < -0.39 is 121 Å². The average Bonchev–Trinajstić information content (AvgIpc) is 0.901. The van der Waals surface area contributed by atoms with E-state index in [2.05, 4.69) is 112 Å². The second-order valence-electron chi connectivity index (χ2n) is 24.8. The molecule has 0 radical (unpaired) electrons. The summed E-state index contributed by atoms with van der Waals surface area (Å²) in [5.41, 5.74) is 1.91. The highest BCUT2D eigenvalue weighted by Crippen LogP contribution is 2.38. The maximum Gasteiger partial charge on any atom is 0.405 e. The van der Waals surface area contributed by atoms with Crippen molar-refractivity contribution in [1.29, 1.82) is 0 Å². The summed E-state index contributed by atoms with van der Waals surface area (Å²) in [4.78, 5) is 110. The number of pyridine rings is 4. The van der Waals surface area contributed by atoms with E-state index in [4.69, 9.17) is 0 Å². The van der Waals surface area contributed by atoms with Crippen LogP contribution in [0.15, 0.2) is 123 Å². The van der Waals surface area contributed by atoms with Gasteiger partial charge in [-0.2, -0.15) is 26.3 Å². The number of amides is 4. The Morgan fingerprint density at radius 2 is 0.709 bits per heavy atom. The third-order valence-electron chi connectivity index (χ3n) is 16.9. The quantitative estimate of drug-likeness (QED) is 0.0280. The molecule has 2 aliphatic carbocycles. The number of hydrogen-bond acceptors (Lipinski definition) is 20. The molecule has 0 spiro atoms. The number of nitrogens with zero attached hydrogens (tertiary/aromatic N) is 12. The third-order valence-corrected chi connectivity index (χ3v) is 16.9. The predicted molar refractivity (Wildman–Crippen MR) is 371 cm³/mol. The molecule has 2 atom stereocenters. The van der Waals surface area contributed by atoms with Crippen molar-refractivity contribution in [3.8, 4) is 45.6 Å². The topological polar surface area (TPSA) is 382 Å². The van der Waals surface area contributed by atoms with E-state index in [1.54, 1.807) is 36.2 Å². The maximum atomic E-state index is 13.6. The first-order valence-corrected chi connectivity index (χ1v) is 33.1. The van der Waals surface area contributed by atoms with E-state index in [1.807, 2.05) is 5.32 Å². The zero-order valence-corrected chi connectivity index (χ0v) is 57.2. The molecule has 2 fully saturated rings. The van der Waals surface area contributed by atoms with Gasteiger partial charge in [0, 0.05) is 93.4 Å². The Bertz CT molecular complexity index is 5260. The number of H-pyrrole nitrogens is 4. The minimum atomic E-state index is -4.49. The van der Waals surface area contributed by atoms with Crippen molar-refractivity contribution < 1.29 is 80.6 Å². The van der Waals surface area contributed by atoms with Gasteiger partial charge in [0.1, 0.15) is 105 Å². The molecule has 4 amide bonds. The van der Waals surface area contributed by atoms with Crippen LogP contribution in [0.2, 0.25) is 0 Å². The van der Waals surface area contributed by atoms with Crippen LogP contribution in [0, 0.1) is 23.3 Å². The summed E-state index contributed by atoms with van der Waals surface area (Å²) in [6.07, 6.45) is 5.73. The first kappa shape index (κ1) is 78.3. The Kier molecular flexibility index (Phi) is 23.9. The lowest BCUT2D eigenvalue weighted by atomic mass is 9.76. The average molecular weight is 1550 g/mol. The molecule has 14 rings (SSSR count). The zero-order chi connectivity index (χ0) is 78.7. The van der Waals surface area contributed by atoms with Gasteiger partial charge >= 0.3 is 12.4 Å². The fourth-order valence-electron chi connectivity index (χ4n) is 11.2. The van der Waals surface area contributed by atoms with Crippen molar-refractivity contribution in [2.24, 2.45) is 0 Å². The Morgan fingerprint density at radius 1 is 0.418 bits per heavy atom. The zero-order valence-electron chi connectivity index (χ0n) is 57.2. The largest absolute Gasteiger partial charge is 0.405 e. The Balaban J connectivity index is 0.000000146. The van der Waals surface area contributed by atoms with Gasteiger partial charge in [0.2, 0.25) is 23.6 Å². The summed E-state index contributed by atoms with van der Waals surface area (Å²) in [6, 6.07) is 9.61. The highest BCUT2D eigenvalue weighted by Gasteiger charge is 2.46. The van der Waals surface area contributed by atoms with Gasteiger partial charge in [-0.15, -0.1) is 0 Å². The van der Waals surface area contributed by atoms with Gasteiger partial charge in [-0.1, -0.05) is 0 Å². The number of carbonyl (C=O) groups is 4. The van der Waals surface area contributed by atoms with E-state index in [9.17, 15) is 80.6 Å². The monoisotopic (exact) mass is 1540 g/mol. The van der Waals surface area contributed by atoms with Crippen LogP contribution in [0.25, 0.3) is 89.7 Å². The lowest BCUT2D eigenvalue weighted by Gasteiger charge is -2.41.